The van der Waals surface area contributed by atoms with Gasteiger partial charge in [0, 0.05) is 6.54 Å². The molecule has 0 aliphatic carbocycles. The number of hydrogen-bond acceptors (Lipinski definition) is 4. The molecule has 1 aliphatic heterocycles. The zero-order valence-corrected chi connectivity index (χ0v) is 9.80. The van der Waals surface area contributed by atoms with Gasteiger partial charge in [-0.15, -0.1) is 0 Å². The topological polar surface area (TPSA) is 75.8 Å². The summed E-state index contributed by atoms with van der Waals surface area (Å²) in [5, 5.41) is 8.93. The van der Waals surface area contributed by atoms with Crippen LogP contribution in [0.4, 0.5) is 10.1 Å². The summed E-state index contributed by atoms with van der Waals surface area (Å²) in [6.07, 6.45) is 0. The molecule has 0 aromatic heterocycles. The van der Waals surface area contributed by atoms with Crippen LogP contribution in [0, 0.1) is 5.82 Å². The molecule has 3 N–H and O–H groups in total. The predicted molar refractivity (Wildman–Crippen MR) is 63.5 cm³/mol. The van der Waals surface area contributed by atoms with Crippen molar-refractivity contribution < 1.29 is 19.0 Å². The van der Waals surface area contributed by atoms with E-state index >= 15 is 0 Å². The molecule has 2 rings (SSSR count). The van der Waals surface area contributed by atoms with Crippen LogP contribution in [0.1, 0.15) is 5.56 Å². The number of amides is 1. The smallest absolute Gasteiger partial charge is 0.242 e. The van der Waals surface area contributed by atoms with E-state index < -0.39 is 17.8 Å². The number of rotatable bonds is 3. The van der Waals surface area contributed by atoms with Gasteiger partial charge in [0.2, 0.25) is 5.91 Å². The van der Waals surface area contributed by atoms with Gasteiger partial charge in [-0.25, -0.2) is 4.39 Å². The number of morpholine rings is 1. The fourth-order valence-corrected chi connectivity index (χ4v) is 2.01. The maximum atomic E-state index is 13.9. The molecule has 1 aliphatic rings. The monoisotopic (exact) mass is 254 g/mol. The predicted octanol–water partition coefficient (Wildman–Crippen LogP) is 0.00850. The van der Waals surface area contributed by atoms with Gasteiger partial charge in [0.1, 0.15) is 11.9 Å². The van der Waals surface area contributed by atoms with Crippen LogP contribution in [0.25, 0.3) is 0 Å². The molecular weight excluding hydrogens is 239 g/mol. The van der Waals surface area contributed by atoms with Crippen LogP contribution in [0.5, 0.6) is 0 Å². The van der Waals surface area contributed by atoms with Crippen molar-refractivity contribution in [2.75, 3.05) is 24.7 Å². The highest BCUT2D eigenvalue weighted by molar-refractivity contribution is 5.84. The maximum Gasteiger partial charge on any atom is 0.242 e. The zero-order chi connectivity index (χ0) is 13.1. The number of halogens is 1. The van der Waals surface area contributed by atoms with E-state index in [9.17, 15) is 9.18 Å². The molecule has 1 amide bonds. The summed E-state index contributed by atoms with van der Waals surface area (Å²) in [7, 11) is 0. The van der Waals surface area contributed by atoms with Gasteiger partial charge in [0.05, 0.1) is 25.5 Å². The standard InChI is InChI=1S/C12H15FN2O3/c13-9-5-8(6-16)1-2-10(9)15-3-4-18-7-11(15)12(14)17/h1-2,5,11,16H,3-4,6-7H2,(H2,14,17). The molecule has 6 heteroatoms. The highest BCUT2D eigenvalue weighted by Gasteiger charge is 2.29. The number of aliphatic hydroxyl groups excluding tert-OH is 1. The number of nitrogens with two attached hydrogens (primary N) is 1. The Kier molecular flexibility index (Phi) is 3.78. The molecule has 1 atom stereocenters. The summed E-state index contributed by atoms with van der Waals surface area (Å²) < 4.78 is 19.1. The van der Waals surface area contributed by atoms with Gasteiger partial charge in [-0.1, -0.05) is 6.07 Å². The average Bonchev–Trinajstić information content (AvgIpc) is 2.38. The fourth-order valence-electron chi connectivity index (χ4n) is 2.01. The Morgan fingerprint density at radius 3 is 3.00 bits per heavy atom. The van der Waals surface area contributed by atoms with E-state index in [2.05, 4.69) is 0 Å². The molecule has 1 aromatic carbocycles. The summed E-state index contributed by atoms with van der Waals surface area (Å²) >= 11 is 0. The molecule has 0 radical (unpaired) electrons. The molecule has 1 heterocycles. The van der Waals surface area contributed by atoms with Gasteiger partial charge in [-0.3, -0.25) is 4.79 Å². The van der Waals surface area contributed by atoms with Gasteiger partial charge in [-0.2, -0.15) is 0 Å². The van der Waals surface area contributed by atoms with Gasteiger partial charge in [0.15, 0.2) is 0 Å². The van der Waals surface area contributed by atoms with Crippen molar-refractivity contribution in [3.8, 4) is 0 Å². The van der Waals surface area contributed by atoms with E-state index in [-0.39, 0.29) is 13.2 Å². The summed E-state index contributed by atoms with van der Waals surface area (Å²) in [6.45, 7) is 0.768. The van der Waals surface area contributed by atoms with Crippen molar-refractivity contribution in [2.45, 2.75) is 12.6 Å². The second-order valence-electron chi connectivity index (χ2n) is 4.13. The molecular formula is C12H15FN2O3. The summed E-state index contributed by atoms with van der Waals surface area (Å²) in [4.78, 5) is 12.9. The van der Waals surface area contributed by atoms with Crippen LogP contribution in [-0.4, -0.2) is 36.8 Å². The quantitative estimate of drug-likeness (QED) is 0.796. The number of primary amides is 1. The first-order valence-corrected chi connectivity index (χ1v) is 5.66. The van der Waals surface area contributed by atoms with E-state index in [0.717, 1.165) is 0 Å². The molecule has 1 saturated heterocycles. The Morgan fingerprint density at radius 2 is 2.39 bits per heavy atom. The SMILES string of the molecule is NC(=O)C1COCCN1c1ccc(CO)cc1F. The molecule has 1 unspecified atom stereocenters. The first kappa shape index (κ1) is 12.8. The fraction of sp³-hybridized carbons (Fsp3) is 0.417. The minimum absolute atomic E-state index is 0.163. The number of hydrogen-bond donors (Lipinski definition) is 2. The minimum atomic E-state index is -0.659. The number of benzene rings is 1. The molecule has 5 nitrogen and oxygen atoms in total. The van der Waals surface area contributed by atoms with E-state index in [1.807, 2.05) is 0 Å². The first-order valence-electron chi connectivity index (χ1n) is 5.66. The van der Waals surface area contributed by atoms with Crippen LogP contribution in [0.15, 0.2) is 18.2 Å². The molecule has 0 spiro atoms. The number of carbonyl (C=O) groups is 1. The second-order valence-corrected chi connectivity index (χ2v) is 4.13. The lowest BCUT2D eigenvalue weighted by molar-refractivity contribution is -0.121. The van der Waals surface area contributed by atoms with Gasteiger partial charge < -0.3 is 20.5 Å². The highest BCUT2D eigenvalue weighted by Crippen LogP contribution is 2.24. The van der Waals surface area contributed by atoms with E-state index in [4.69, 9.17) is 15.6 Å². The summed E-state index contributed by atoms with van der Waals surface area (Å²) in [5.74, 6) is -1.02. The van der Waals surface area contributed by atoms with Crippen molar-refractivity contribution in [2.24, 2.45) is 5.73 Å². The van der Waals surface area contributed by atoms with Crippen LogP contribution < -0.4 is 10.6 Å². The highest BCUT2D eigenvalue weighted by atomic mass is 19.1. The molecule has 1 fully saturated rings. The maximum absolute atomic E-state index is 13.9. The minimum Gasteiger partial charge on any atom is -0.392 e. The van der Waals surface area contributed by atoms with Crippen molar-refractivity contribution in [3.05, 3.63) is 29.6 Å². The first-order chi connectivity index (χ1) is 8.63. The Labute approximate surface area is 104 Å². The molecule has 0 saturated carbocycles. The van der Waals surface area contributed by atoms with Crippen molar-refractivity contribution in [1.82, 2.24) is 0 Å². The Bertz CT molecular complexity index is 453. The summed E-state index contributed by atoms with van der Waals surface area (Å²) in [5.41, 5.74) is 6.07. The van der Waals surface area contributed by atoms with Crippen LogP contribution >= 0.6 is 0 Å². The third-order valence-electron chi connectivity index (χ3n) is 2.96. The lowest BCUT2D eigenvalue weighted by atomic mass is 10.1. The van der Waals surface area contributed by atoms with Gasteiger partial charge >= 0.3 is 0 Å². The number of carbonyl (C=O) groups excluding carboxylic acids is 1. The third-order valence-corrected chi connectivity index (χ3v) is 2.96. The number of anilines is 1. The van der Waals surface area contributed by atoms with Crippen molar-refractivity contribution >= 4 is 11.6 Å². The Hall–Kier alpha value is -1.66. The largest absolute Gasteiger partial charge is 0.392 e. The molecule has 18 heavy (non-hydrogen) atoms. The van der Waals surface area contributed by atoms with Crippen molar-refractivity contribution in [3.63, 3.8) is 0 Å². The summed E-state index contributed by atoms with van der Waals surface area (Å²) in [6, 6.07) is 3.75. The lowest BCUT2D eigenvalue weighted by Crippen LogP contribution is -2.53. The zero-order valence-electron chi connectivity index (χ0n) is 9.80. The van der Waals surface area contributed by atoms with E-state index in [1.165, 1.54) is 6.07 Å². The van der Waals surface area contributed by atoms with E-state index in [0.29, 0.717) is 24.4 Å². The van der Waals surface area contributed by atoms with Crippen LogP contribution in [0.2, 0.25) is 0 Å². The van der Waals surface area contributed by atoms with Gasteiger partial charge in [0.25, 0.3) is 0 Å². The number of aliphatic hydroxyl groups is 1. The van der Waals surface area contributed by atoms with Crippen LogP contribution in [-0.2, 0) is 16.1 Å². The lowest BCUT2D eigenvalue weighted by Gasteiger charge is -2.35. The van der Waals surface area contributed by atoms with Crippen molar-refractivity contribution in [1.29, 1.82) is 0 Å². The molecule has 98 valence electrons. The molecule has 0 bridgehead atoms. The Morgan fingerprint density at radius 1 is 1.61 bits per heavy atom. The average molecular weight is 254 g/mol. The Balaban J connectivity index is 2.31. The third kappa shape index (κ3) is 2.44. The number of nitrogens with zero attached hydrogens (tertiary/aromatic N) is 1. The molecule has 1 aromatic rings. The van der Waals surface area contributed by atoms with E-state index in [1.54, 1.807) is 17.0 Å². The van der Waals surface area contributed by atoms with Crippen LogP contribution in [0.3, 0.4) is 0 Å². The normalized spacial score (nSPS) is 19.9. The second kappa shape index (κ2) is 5.32. The van der Waals surface area contributed by atoms with Gasteiger partial charge in [-0.05, 0) is 17.7 Å². The number of ether oxygens (including phenoxy) is 1.